The van der Waals surface area contributed by atoms with E-state index in [-0.39, 0.29) is 0 Å². The van der Waals surface area contributed by atoms with Crippen LogP contribution < -0.4 is 0 Å². The van der Waals surface area contributed by atoms with Crippen LogP contribution in [0.1, 0.15) is 5.56 Å². The van der Waals surface area contributed by atoms with Crippen LogP contribution in [0, 0.1) is 11.3 Å². The van der Waals surface area contributed by atoms with Gasteiger partial charge in [0.05, 0.1) is 23.2 Å². The lowest BCUT2D eigenvalue weighted by Crippen LogP contribution is -1.89. The van der Waals surface area contributed by atoms with Crippen molar-refractivity contribution in [2.45, 2.75) is 6.42 Å². The number of rotatable bonds is 2. The fourth-order valence-corrected chi connectivity index (χ4v) is 1.55. The molecule has 2 rings (SSSR count). The highest BCUT2D eigenvalue weighted by Gasteiger charge is 2.04. The monoisotopic (exact) mass is 229 g/mol. The lowest BCUT2D eigenvalue weighted by atomic mass is 10.1. The maximum absolute atomic E-state index is 8.67. The molecule has 0 aliphatic carbocycles. The standard InChI is InChI=1S/C12H8ClN3/c13-11-8-16-12(7-10(11)1-4-14)9-2-5-15-6-3-9/h2-3,5-8H,1H2. The van der Waals surface area contributed by atoms with Crippen LogP contribution in [0.3, 0.4) is 0 Å². The van der Waals surface area contributed by atoms with Gasteiger partial charge in [0.2, 0.25) is 0 Å². The zero-order valence-electron chi connectivity index (χ0n) is 8.39. The summed E-state index contributed by atoms with van der Waals surface area (Å²) in [6.45, 7) is 0. The maximum Gasteiger partial charge on any atom is 0.0707 e. The number of nitrogens with zero attached hydrogens (tertiary/aromatic N) is 3. The zero-order valence-corrected chi connectivity index (χ0v) is 9.15. The predicted molar refractivity (Wildman–Crippen MR) is 61.8 cm³/mol. The summed E-state index contributed by atoms with van der Waals surface area (Å²) in [6, 6.07) is 7.65. The maximum atomic E-state index is 8.67. The van der Waals surface area contributed by atoms with Gasteiger partial charge in [-0.15, -0.1) is 0 Å². The van der Waals surface area contributed by atoms with E-state index in [1.165, 1.54) is 0 Å². The first kappa shape index (κ1) is 10.6. The molecular formula is C12H8ClN3. The van der Waals surface area contributed by atoms with Crippen molar-refractivity contribution in [1.82, 2.24) is 9.97 Å². The molecule has 0 aliphatic rings. The largest absolute Gasteiger partial charge is 0.265 e. The second-order valence-corrected chi connectivity index (χ2v) is 3.64. The highest BCUT2D eigenvalue weighted by Crippen LogP contribution is 2.22. The van der Waals surface area contributed by atoms with Crippen LogP contribution in [0.4, 0.5) is 0 Å². The molecule has 0 aromatic carbocycles. The Kier molecular flexibility index (Phi) is 3.13. The molecule has 0 unspecified atom stereocenters. The fourth-order valence-electron chi connectivity index (χ4n) is 1.38. The molecule has 0 saturated carbocycles. The quantitative estimate of drug-likeness (QED) is 0.796. The summed E-state index contributed by atoms with van der Waals surface area (Å²) in [5.41, 5.74) is 2.56. The number of pyridine rings is 2. The van der Waals surface area contributed by atoms with Crippen molar-refractivity contribution in [3.05, 3.63) is 47.4 Å². The summed E-state index contributed by atoms with van der Waals surface area (Å²) < 4.78 is 0. The van der Waals surface area contributed by atoms with E-state index >= 15 is 0 Å². The van der Waals surface area contributed by atoms with Gasteiger partial charge in [0.1, 0.15) is 0 Å². The van der Waals surface area contributed by atoms with Gasteiger partial charge in [-0.1, -0.05) is 11.6 Å². The Balaban J connectivity index is 2.45. The Morgan fingerprint density at radius 3 is 2.75 bits per heavy atom. The van der Waals surface area contributed by atoms with Crippen LogP contribution in [0.5, 0.6) is 0 Å². The van der Waals surface area contributed by atoms with E-state index in [1.54, 1.807) is 18.6 Å². The molecule has 2 aromatic rings. The lowest BCUT2D eigenvalue weighted by molar-refractivity contribution is 1.21. The summed E-state index contributed by atoms with van der Waals surface area (Å²) in [5, 5.41) is 9.19. The van der Waals surface area contributed by atoms with Crippen molar-refractivity contribution in [1.29, 1.82) is 5.26 Å². The van der Waals surface area contributed by atoms with Gasteiger partial charge in [-0.25, -0.2) is 0 Å². The molecule has 16 heavy (non-hydrogen) atoms. The molecule has 0 aliphatic heterocycles. The van der Waals surface area contributed by atoms with E-state index in [4.69, 9.17) is 16.9 Å². The van der Waals surface area contributed by atoms with Crippen molar-refractivity contribution in [2.75, 3.05) is 0 Å². The third-order valence-corrected chi connectivity index (χ3v) is 2.52. The molecule has 0 saturated heterocycles. The molecule has 3 nitrogen and oxygen atoms in total. The fraction of sp³-hybridized carbons (Fsp3) is 0.0833. The summed E-state index contributed by atoms with van der Waals surface area (Å²) in [5.74, 6) is 0. The van der Waals surface area contributed by atoms with Crippen LogP contribution in [-0.2, 0) is 6.42 Å². The molecule has 0 atom stereocenters. The van der Waals surface area contributed by atoms with Gasteiger partial charge in [-0.05, 0) is 23.8 Å². The molecule has 0 N–H and O–H groups in total. The lowest BCUT2D eigenvalue weighted by Gasteiger charge is -2.03. The summed E-state index contributed by atoms with van der Waals surface area (Å²) in [6.07, 6.45) is 5.27. The van der Waals surface area contributed by atoms with Crippen molar-refractivity contribution in [3.8, 4) is 17.3 Å². The number of halogens is 1. The first-order chi connectivity index (χ1) is 7.81. The van der Waals surface area contributed by atoms with Gasteiger partial charge < -0.3 is 0 Å². The topological polar surface area (TPSA) is 49.6 Å². The Labute approximate surface area is 98.4 Å². The molecule has 2 aromatic heterocycles. The van der Waals surface area contributed by atoms with Crippen LogP contribution in [-0.4, -0.2) is 9.97 Å². The van der Waals surface area contributed by atoms with Gasteiger partial charge in [0.15, 0.2) is 0 Å². The van der Waals surface area contributed by atoms with E-state index in [9.17, 15) is 0 Å². The first-order valence-electron chi connectivity index (χ1n) is 4.73. The second-order valence-electron chi connectivity index (χ2n) is 3.23. The van der Waals surface area contributed by atoms with Gasteiger partial charge in [0.25, 0.3) is 0 Å². The molecule has 78 valence electrons. The van der Waals surface area contributed by atoms with E-state index in [0.717, 1.165) is 16.8 Å². The summed E-state index contributed by atoms with van der Waals surface area (Å²) >= 11 is 5.94. The van der Waals surface area contributed by atoms with Crippen LogP contribution in [0.2, 0.25) is 5.02 Å². The highest BCUT2D eigenvalue weighted by atomic mass is 35.5. The molecule has 2 heterocycles. The van der Waals surface area contributed by atoms with Gasteiger partial charge in [-0.2, -0.15) is 5.26 Å². The Hall–Kier alpha value is -1.92. The van der Waals surface area contributed by atoms with Crippen molar-refractivity contribution in [3.63, 3.8) is 0 Å². The zero-order chi connectivity index (χ0) is 11.4. The van der Waals surface area contributed by atoms with Crippen LogP contribution in [0.25, 0.3) is 11.3 Å². The molecule has 0 fully saturated rings. The average Bonchev–Trinajstić information content (AvgIpc) is 2.33. The summed E-state index contributed by atoms with van der Waals surface area (Å²) in [7, 11) is 0. The normalized spacial score (nSPS) is 9.75. The van der Waals surface area contributed by atoms with Crippen LogP contribution in [0.15, 0.2) is 36.8 Å². The smallest absolute Gasteiger partial charge is 0.0707 e. The van der Waals surface area contributed by atoms with Crippen molar-refractivity contribution >= 4 is 11.6 Å². The molecule has 4 heteroatoms. The minimum Gasteiger partial charge on any atom is -0.265 e. The molecule has 0 bridgehead atoms. The number of nitriles is 1. The summed E-state index contributed by atoms with van der Waals surface area (Å²) in [4.78, 5) is 8.16. The van der Waals surface area contributed by atoms with Crippen molar-refractivity contribution in [2.24, 2.45) is 0 Å². The van der Waals surface area contributed by atoms with E-state index in [0.29, 0.717) is 11.4 Å². The average molecular weight is 230 g/mol. The highest BCUT2D eigenvalue weighted by molar-refractivity contribution is 6.31. The molecule has 0 radical (unpaired) electrons. The van der Waals surface area contributed by atoms with Gasteiger partial charge in [-0.3, -0.25) is 9.97 Å². The van der Waals surface area contributed by atoms with Gasteiger partial charge in [0, 0.05) is 24.2 Å². The minimum atomic E-state index is 0.291. The van der Waals surface area contributed by atoms with Crippen LogP contribution >= 0.6 is 11.6 Å². The third-order valence-electron chi connectivity index (χ3n) is 2.18. The number of hydrogen-bond donors (Lipinski definition) is 0. The second kappa shape index (κ2) is 4.73. The minimum absolute atomic E-state index is 0.291. The third kappa shape index (κ3) is 2.18. The predicted octanol–water partition coefficient (Wildman–Crippen LogP) is 2.86. The molecular weight excluding hydrogens is 222 g/mol. The number of aromatic nitrogens is 2. The van der Waals surface area contributed by atoms with E-state index < -0.39 is 0 Å². The van der Waals surface area contributed by atoms with E-state index in [2.05, 4.69) is 16.0 Å². The van der Waals surface area contributed by atoms with Crippen molar-refractivity contribution < 1.29 is 0 Å². The number of hydrogen-bond acceptors (Lipinski definition) is 3. The Morgan fingerprint density at radius 2 is 2.06 bits per heavy atom. The SMILES string of the molecule is N#CCc1cc(-c2ccncc2)ncc1Cl. The molecule has 0 spiro atoms. The van der Waals surface area contributed by atoms with E-state index in [1.807, 2.05) is 18.2 Å². The Morgan fingerprint density at radius 1 is 1.31 bits per heavy atom. The first-order valence-corrected chi connectivity index (χ1v) is 5.11. The van der Waals surface area contributed by atoms with Gasteiger partial charge >= 0.3 is 0 Å². The Bertz CT molecular complexity index is 532. The molecule has 0 amide bonds.